The number of para-hydroxylation sites is 8. The molecule has 0 aliphatic carbocycles. The molecule has 11 heterocycles. The number of aromatic nitrogens is 3. The van der Waals surface area contributed by atoms with Gasteiger partial charge in [0.15, 0.2) is 0 Å². The van der Waals surface area contributed by atoms with Gasteiger partial charge in [-0.25, -0.2) is 35.1 Å². The zero-order chi connectivity index (χ0) is 76.8. The van der Waals surface area contributed by atoms with E-state index in [1.54, 1.807) is 93.6 Å². The minimum atomic E-state index is -0.974. The van der Waals surface area contributed by atoms with E-state index in [2.05, 4.69) is 10.6 Å². The first kappa shape index (κ1) is 64.6. The van der Waals surface area contributed by atoms with Crippen LogP contribution < -0.4 is 76.5 Å². The number of rotatable bonds is 5. The van der Waals surface area contributed by atoms with E-state index in [-0.39, 0.29) is 50.6 Å². The first-order valence-corrected chi connectivity index (χ1v) is 39.3. The molecule has 15 aromatic carbocycles. The third-order valence-electron chi connectivity index (χ3n) is 24.3. The third-order valence-corrected chi connectivity index (χ3v) is 26.8. The van der Waals surface area contributed by atoms with Gasteiger partial charge in [0.2, 0.25) is 0 Å². The third kappa shape index (κ3) is 8.39. The fraction of sp³-hybridized carbons (Fsp3) is 0. The molecule has 0 atom stereocenters. The van der Waals surface area contributed by atoms with Crippen LogP contribution in [0.4, 0.5) is 69.2 Å². The minimum Gasteiger partial charge on any atom is -0.458 e. The Morgan fingerprint density at radius 3 is 1.06 bits per heavy atom. The Bertz CT molecular complexity index is 7800. The van der Waals surface area contributed by atoms with Crippen LogP contribution in [-0.2, 0) is 0 Å². The van der Waals surface area contributed by atoms with Gasteiger partial charge in [0, 0.05) is 121 Å². The zero-order valence-electron chi connectivity index (χ0n) is 59.8. The van der Waals surface area contributed by atoms with E-state index < -0.39 is 78.1 Å². The summed E-state index contributed by atoms with van der Waals surface area (Å²) in [7, 11) is 0. The van der Waals surface area contributed by atoms with Crippen LogP contribution in [0.15, 0.2) is 267 Å². The minimum absolute atomic E-state index is 0.0408. The van der Waals surface area contributed by atoms with Crippen molar-refractivity contribution in [3.8, 4) is 63.1 Å². The molecule has 6 aliphatic rings. The fourth-order valence-corrected chi connectivity index (χ4v) is 22.3. The van der Waals surface area contributed by atoms with E-state index in [0.29, 0.717) is 117 Å². The highest BCUT2D eigenvalue weighted by Gasteiger charge is 2.52. The van der Waals surface area contributed by atoms with E-state index in [9.17, 15) is 0 Å². The van der Waals surface area contributed by atoms with E-state index in [1.807, 2.05) is 127 Å². The van der Waals surface area contributed by atoms with E-state index in [0.717, 1.165) is 63.7 Å². The number of ether oxygens (including phenoxy) is 4. The number of halogens is 8. The summed E-state index contributed by atoms with van der Waals surface area (Å²) < 4.78 is 178. The molecule has 6 aliphatic heterocycles. The van der Waals surface area contributed by atoms with Gasteiger partial charge in [-0.2, -0.15) is 0 Å². The fourth-order valence-electron chi connectivity index (χ4n) is 19.8. The molecule has 0 fully saturated rings. The van der Waals surface area contributed by atoms with E-state index in [4.69, 9.17) is 18.9 Å². The van der Waals surface area contributed by atoms with Gasteiger partial charge in [-0.3, -0.25) is 0 Å². The number of nitrogens with zero attached hydrogens (tertiary/aromatic N) is 5. The maximum atomic E-state index is 18.2. The molecule has 9 nitrogen and oxygen atoms in total. The molecule has 26 rings (SSSR count). The summed E-state index contributed by atoms with van der Waals surface area (Å²) in [6.07, 6.45) is 0. The Balaban J connectivity index is 0.780. The molecule has 0 saturated carbocycles. The van der Waals surface area contributed by atoms with Crippen molar-refractivity contribution in [2.45, 2.75) is 0 Å². The van der Waals surface area contributed by atoms with Crippen molar-refractivity contribution in [1.82, 2.24) is 13.7 Å². The molecule has 0 unspecified atom stereocenters. The summed E-state index contributed by atoms with van der Waals surface area (Å²) in [4.78, 5) is 3.03. The molecule has 0 radical (unpaired) electrons. The van der Waals surface area contributed by atoms with Gasteiger partial charge in [0.1, 0.15) is 104 Å². The summed E-state index contributed by atoms with van der Waals surface area (Å²) in [5.74, 6) is -3.15. The number of hydrogen-bond acceptors (Lipinski definition) is 8. The summed E-state index contributed by atoms with van der Waals surface area (Å²) in [6.45, 7) is -2.38. The zero-order valence-corrected chi connectivity index (χ0v) is 61.5. The van der Waals surface area contributed by atoms with Gasteiger partial charge in [-0.05, 0) is 136 Å². The lowest BCUT2D eigenvalue weighted by molar-refractivity contribution is 0.457. The Hall–Kier alpha value is -13.9. The van der Waals surface area contributed by atoms with Crippen LogP contribution in [0.25, 0.3) is 103 Å². The number of hydrogen-bond donors (Lipinski definition) is 0. The molecule has 5 aromatic heterocycles. The molecular weight excluding hydrogens is 1510 g/mol. The maximum absolute atomic E-state index is 18.2. The molecule has 0 amide bonds. The van der Waals surface area contributed by atoms with Crippen LogP contribution in [0.3, 0.4) is 0 Å². The average molecular weight is 1560 g/mol. The summed E-state index contributed by atoms with van der Waals surface area (Å²) in [5, 5.41) is 5.30. The van der Waals surface area contributed by atoms with Crippen LogP contribution in [0.5, 0.6) is 46.0 Å². The molecule has 22 heteroatoms. The highest BCUT2D eigenvalue weighted by molar-refractivity contribution is 7.34. The van der Waals surface area contributed by atoms with Crippen molar-refractivity contribution < 1.29 is 54.1 Å². The maximum Gasteiger partial charge on any atom is 0.273 e. The van der Waals surface area contributed by atoms with Crippen molar-refractivity contribution in [2.75, 3.05) is 9.80 Å². The van der Waals surface area contributed by atoms with Crippen molar-refractivity contribution >= 4 is 210 Å². The predicted molar refractivity (Wildman–Crippen MR) is 449 cm³/mol. The second kappa shape index (κ2) is 22.9. The first-order valence-electron chi connectivity index (χ1n) is 37.7. The van der Waals surface area contributed by atoms with Crippen molar-refractivity contribution in [3.63, 3.8) is 0 Å². The first-order chi connectivity index (χ1) is 56.8. The second-order valence-corrected chi connectivity index (χ2v) is 32.4. The molecule has 0 bridgehead atoms. The highest BCUT2D eigenvalue weighted by atomic mass is 32.1. The SMILES string of the molecule is Fc1cccc(F)c1N1c2cc3c(cc2B2c4cc5c(cc4Oc4cc(-n6c7ccccc7c7ccccc76)cc1c42)Oc1cc(-n2c4c(F)cccc4c4cccc(F)c42)cc2c1B5c1sc4ccccc4c1O2)B1c2sc4ccccc4c2Oc2cc(-n4c5c(F)cccc5c5cccc(F)c54)cc(c21)N3c1c(F)cccc1F. The normalized spacial score (nSPS) is 13.7. The van der Waals surface area contributed by atoms with Crippen molar-refractivity contribution in [3.05, 3.63) is 313 Å². The summed E-state index contributed by atoms with van der Waals surface area (Å²) in [6, 6.07) is 76.2. The Morgan fingerprint density at radius 1 is 0.250 bits per heavy atom. The van der Waals surface area contributed by atoms with Gasteiger partial charge >= 0.3 is 0 Å². The monoisotopic (exact) mass is 1560 g/mol. The average Bonchev–Trinajstić information content (AvgIpc) is 0.944. The molecule has 0 spiro atoms. The smallest absolute Gasteiger partial charge is 0.273 e. The van der Waals surface area contributed by atoms with Gasteiger partial charge in [0.25, 0.3) is 20.1 Å². The predicted octanol–water partition coefficient (Wildman–Crippen LogP) is 20.1. The number of anilines is 6. The number of benzene rings is 15. The lowest BCUT2D eigenvalue weighted by atomic mass is 9.30. The van der Waals surface area contributed by atoms with Crippen LogP contribution >= 0.6 is 22.7 Å². The molecule has 20 aromatic rings. The number of thiophene rings is 2. The molecule has 0 saturated heterocycles. The molecule has 546 valence electrons. The van der Waals surface area contributed by atoms with Crippen LogP contribution in [0.1, 0.15) is 0 Å². The lowest BCUT2D eigenvalue weighted by Gasteiger charge is -2.44. The van der Waals surface area contributed by atoms with Gasteiger partial charge in [0.05, 0.1) is 50.2 Å². The largest absolute Gasteiger partial charge is 0.458 e. The quantitative estimate of drug-likeness (QED) is 0.126. The Kier molecular flexibility index (Phi) is 12.8. The second-order valence-electron chi connectivity index (χ2n) is 30.2. The number of fused-ring (bicyclic) bond motifs is 25. The van der Waals surface area contributed by atoms with Crippen LogP contribution in [0.2, 0.25) is 0 Å². The molecule has 116 heavy (non-hydrogen) atoms. The van der Waals surface area contributed by atoms with Crippen LogP contribution in [-0.4, -0.2) is 33.8 Å². The molecular formula is C94H44B3F8N5O4S2. The Labute approximate surface area is 660 Å². The topological polar surface area (TPSA) is 58.2 Å². The van der Waals surface area contributed by atoms with Gasteiger partial charge in [-0.15, -0.1) is 22.7 Å². The standard InChI is InChI=1S/C94H44B3F8N5O4S2/c98-60-23-9-19-50-51-20-10-24-61(99)86(51)107(85(50)60)46-36-73-83-77(38-46)113-91-54-17-3-7-33-80(54)115-93(91)96(83)57-41-56-70(43-71(57)110(73)90-66(104)29-14-30-67(90)105)109(89-64(102)27-13-28-65(89)103)72-35-45(106-68-31-5-1-15-48(68)49-16-2-6-32-69(49)106)37-76-82(72)95(56)58-42-59-75(44-74(58)111-76)112-78-39-47(108-87-52(21-11-25-62(87)100)53-22-12-26-63(101)88(53)108)40-79-84(78)97(59)94-92(114-79)55-18-4-8-34-81(55)116-94/h1-44H. The van der Waals surface area contributed by atoms with E-state index >= 15 is 35.1 Å². The van der Waals surface area contributed by atoms with Gasteiger partial charge in [-0.1, -0.05) is 133 Å². The van der Waals surface area contributed by atoms with E-state index in [1.165, 1.54) is 69.3 Å². The van der Waals surface area contributed by atoms with Gasteiger partial charge < -0.3 is 42.4 Å². The Morgan fingerprint density at radius 2 is 0.586 bits per heavy atom. The summed E-state index contributed by atoms with van der Waals surface area (Å²) >= 11 is 3.05. The van der Waals surface area contributed by atoms with Crippen molar-refractivity contribution in [1.29, 1.82) is 0 Å². The van der Waals surface area contributed by atoms with Crippen molar-refractivity contribution in [2.24, 2.45) is 0 Å². The lowest BCUT2D eigenvalue weighted by Crippen LogP contribution is -2.64. The molecule has 0 N–H and O–H groups in total. The van der Waals surface area contributed by atoms with Crippen LogP contribution in [0, 0.1) is 46.5 Å². The highest BCUT2D eigenvalue weighted by Crippen LogP contribution is 2.53. The summed E-state index contributed by atoms with van der Waals surface area (Å²) in [5.41, 5.74) is 7.04.